The van der Waals surface area contributed by atoms with Crippen molar-refractivity contribution in [2.75, 3.05) is 38.6 Å². The van der Waals surface area contributed by atoms with E-state index in [1.807, 2.05) is 4.57 Å². The van der Waals surface area contributed by atoms with Crippen LogP contribution in [0.1, 0.15) is 39.2 Å². The lowest BCUT2D eigenvalue weighted by Crippen LogP contribution is -2.55. The second-order valence-corrected chi connectivity index (χ2v) is 9.15. The fraction of sp³-hybridized carbons (Fsp3) is 0.571. The molecule has 0 saturated carbocycles. The van der Waals surface area contributed by atoms with Gasteiger partial charge in [0.15, 0.2) is 5.16 Å². The van der Waals surface area contributed by atoms with Gasteiger partial charge in [-0.05, 0) is 37.5 Å². The Hall–Kier alpha value is -1.90. The number of nitrogens with zero attached hydrogens (tertiary/aromatic N) is 4. The number of hydrogen-bond acceptors (Lipinski definition) is 6. The van der Waals surface area contributed by atoms with Gasteiger partial charge in [-0.2, -0.15) is 0 Å². The average Bonchev–Trinajstić information content (AvgIpc) is 3.20. The van der Waals surface area contributed by atoms with Crippen LogP contribution in [0.3, 0.4) is 0 Å². The third-order valence-electron chi connectivity index (χ3n) is 5.27. The Kier molecular flexibility index (Phi) is 7.32. The van der Waals surface area contributed by atoms with Gasteiger partial charge in [0.1, 0.15) is 6.33 Å². The highest BCUT2D eigenvalue weighted by Gasteiger charge is 2.28. The van der Waals surface area contributed by atoms with Gasteiger partial charge in [-0.3, -0.25) is 14.3 Å². The van der Waals surface area contributed by atoms with Crippen molar-refractivity contribution in [3.8, 4) is 5.69 Å². The predicted molar refractivity (Wildman–Crippen MR) is 116 cm³/mol. The molecule has 0 aliphatic carbocycles. The Balaban J connectivity index is 1.52. The molecule has 0 radical (unpaired) electrons. The van der Waals surface area contributed by atoms with Crippen molar-refractivity contribution in [1.82, 2.24) is 25.0 Å². The molecule has 0 bridgehead atoms. The maximum absolute atomic E-state index is 12.4. The van der Waals surface area contributed by atoms with E-state index in [0.717, 1.165) is 32.0 Å². The van der Waals surface area contributed by atoms with Crippen molar-refractivity contribution in [2.45, 2.75) is 44.3 Å². The Labute approximate surface area is 177 Å². The topological polar surface area (TPSA) is 72.3 Å². The zero-order chi connectivity index (χ0) is 20.9. The summed E-state index contributed by atoms with van der Waals surface area (Å²) in [6, 6.07) is 8.37. The predicted octanol–water partition coefficient (Wildman–Crippen LogP) is 2.71. The summed E-state index contributed by atoms with van der Waals surface area (Å²) in [6.45, 7) is 12.6. The molecule has 7 nitrogen and oxygen atoms in total. The first-order valence-electron chi connectivity index (χ1n) is 10.1. The summed E-state index contributed by atoms with van der Waals surface area (Å²) in [6.07, 6.45) is 1.69. The second kappa shape index (κ2) is 9.73. The average molecular weight is 418 g/mol. The number of ether oxygens (including phenoxy) is 1. The van der Waals surface area contributed by atoms with Crippen LogP contribution >= 0.6 is 11.8 Å². The maximum Gasteiger partial charge on any atom is 0.230 e. The molecule has 3 rings (SSSR count). The van der Waals surface area contributed by atoms with Crippen LogP contribution in [0, 0.1) is 0 Å². The molecule has 2 aromatic rings. The van der Waals surface area contributed by atoms with Gasteiger partial charge in [-0.25, -0.2) is 0 Å². The molecule has 1 aromatic carbocycles. The molecule has 1 fully saturated rings. The fourth-order valence-corrected chi connectivity index (χ4v) is 4.06. The van der Waals surface area contributed by atoms with Gasteiger partial charge >= 0.3 is 0 Å². The van der Waals surface area contributed by atoms with Crippen LogP contribution in [0.4, 0.5) is 0 Å². The molecule has 29 heavy (non-hydrogen) atoms. The molecule has 1 aliphatic rings. The van der Waals surface area contributed by atoms with E-state index in [1.165, 1.54) is 17.3 Å². The number of amides is 1. The number of aromatic nitrogens is 3. The standard InChI is InChI=1S/C21H31N5O2S/c1-16(2)17-5-7-18(8-6-17)26-15-23-24-20(26)29-13-19(27)22-14-21(3,4)25-9-11-28-12-10-25/h5-8,15-16H,9-14H2,1-4H3,(H,22,27). The molecule has 158 valence electrons. The van der Waals surface area contributed by atoms with E-state index in [1.54, 1.807) is 6.33 Å². The van der Waals surface area contributed by atoms with Crippen LogP contribution < -0.4 is 5.32 Å². The van der Waals surface area contributed by atoms with Gasteiger partial charge < -0.3 is 10.1 Å². The number of carbonyl (C=O) groups is 1. The number of benzene rings is 1. The number of rotatable bonds is 8. The maximum atomic E-state index is 12.4. The molecule has 1 N–H and O–H groups in total. The quantitative estimate of drug-likeness (QED) is 0.666. The van der Waals surface area contributed by atoms with Gasteiger partial charge in [0.25, 0.3) is 0 Å². The molecular formula is C21H31N5O2S. The summed E-state index contributed by atoms with van der Waals surface area (Å²) in [7, 11) is 0. The highest BCUT2D eigenvalue weighted by molar-refractivity contribution is 7.99. The largest absolute Gasteiger partial charge is 0.379 e. The Morgan fingerprint density at radius 2 is 1.93 bits per heavy atom. The van der Waals surface area contributed by atoms with Crippen molar-refractivity contribution >= 4 is 17.7 Å². The number of thioether (sulfide) groups is 1. The van der Waals surface area contributed by atoms with Crippen LogP contribution in [0.2, 0.25) is 0 Å². The van der Waals surface area contributed by atoms with E-state index in [9.17, 15) is 4.79 Å². The molecule has 0 atom stereocenters. The molecule has 0 spiro atoms. The SMILES string of the molecule is CC(C)c1ccc(-n2cnnc2SCC(=O)NCC(C)(C)N2CCOCC2)cc1. The molecular weight excluding hydrogens is 386 g/mol. The lowest BCUT2D eigenvalue weighted by atomic mass is 10.0. The summed E-state index contributed by atoms with van der Waals surface area (Å²) >= 11 is 1.40. The highest BCUT2D eigenvalue weighted by atomic mass is 32.2. The fourth-order valence-electron chi connectivity index (χ4n) is 3.30. The zero-order valence-electron chi connectivity index (χ0n) is 17.7. The van der Waals surface area contributed by atoms with Gasteiger partial charge in [-0.15, -0.1) is 10.2 Å². The first-order valence-corrected chi connectivity index (χ1v) is 11.1. The molecule has 0 unspecified atom stereocenters. The highest BCUT2D eigenvalue weighted by Crippen LogP contribution is 2.22. The summed E-state index contributed by atoms with van der Waals surface area (Å²) in [5.41, 5.74) is 2.19. The number of morpholine rings is 1. The minimum Gasteiger partial charge on any atom is -0.379 e. The Morgan fingerprint density at radius 1 is 1.24 bits per heavy atom. The van der Waals surface area contributed by atoms with Gasteiger partial charge in [0, 0.05) is 30.9 Å². The van der Waals surface area contributed by atoms with Crippen molar-refractivity contribution in [1.29, 1.82) is 0 Å². The third-order valence-corrected chi connectivity index (χ3v) is 6.22. The molecule has 1 amide bonds. The molecule has 8 heteroatoms. The van der Waals surface area contributed by atoms with E-state index >= 15 is 0 Å². The number of nitrogens with one attached hydrogen (secondary N) is 1. The van der Waals surface area contributed by atoms with E-state index < -0.39 is 0 Å². The Bertz CT molecular complexity index is 798. The molecule has 1 saturated heterocycles. The van der Waals surface area contributed by atoms with Crippen molar-refractivity contribution in [3.05, 3.63) is 36.2 Å². The minimum absolute atomic E-state index is 0.000963. The summed E-state index contributed by atoms with van der Waals surface area (Å²) < 4.78 is 7.33. The van der Waals surface area contributed by atoms with Crippen LogP contribution in [-0.2, 0) is 9.53 Å². The molecule has 1 aliphatic heterocycles. The van der Waals surface area contributed by atoms with Crippen LogP contribution in [0.25, 0.3) is 5.69 Å². The lowest BCUT2D eigenvalue weighted by molar-refractivity contribution is -0.119. The van der Waals surface area contributed by atoms with Gasteiger partial charge in [0.05, 0.1) is 19.0 Å². The van der Waals surface area contributed by atoms with E-state index in [2.05, 4.69) is 72.4 Å². The summed E-state index contributed by atoms with van der Waals surface area (Å²) in [4.78, 5) is 14.8. The van der Waals surface area contributed by atoms with Crippen molar-refractivity contribution in [3.63, 3.8) is 0 Å². The van der Waals surface area contributed by atoms with Crippen molar-refractivity contribution < 1.29 is 9.53 Å². The van der Waals surface area contributed by atoms with Crippen LogP contribution in [-0.4, -0.2) is 69.7 Å². The molecule has 1 aromatic heterocycles. The first-order chi connectivity index (χ1) is 13.9. The minimum atomic E-state index is -0.0950. The van der Waals surface area contributed by atoms with Crippen molar-refractivity contribution in [2.24, 2.45) is 0 Å². The normalized spacial score (nSPS) is 15.6. The Morgan fingerprint density at radius 3 is 2.59 bits per heavy atom. The van der Waals surface area contributed by atoms with Gasteiger partial charge in [0.2, 0.25) is 5.91 Å². The van der Waals surface area contributed by atoms with Gasteiger partial charge in [-0.1, -0.05) is 37.7 Å². The number of hydrogen-bond donors (Lipinski definition) is 1. The van der Waals surface area contributed by atoms with E-state index in [0.29, 0.717) is 23.4 Å². The van der Waals surface area contributed by atoms with Crippen LogP contribution in [0.15, 0.2) is 35.7 Å². The number of carbonyl (C=O) groups excluding carboxylic acids is 1. The third kappa shape index (κ3) is 5.81. The first kappa shape index (κ1) is 21.8. The van der Waals surface area contributed by atoms with E-state index in [-0.39, 0.29) is 11.4 Å². The lowest BCUT2D eigenvalue weighted by Gasteiger charge is -2.40. The van der Waals surface area contributed by atoms with E-state index in [4.69, 9.17) is 4.74 Å². The monoisotopic (exact) mass is 417 g/mol. The van der Waals surface area contributed by atoms with Crippen LogP contribution in [0.5, 0.6) is 0 Å². The zero-order valence-corrected chi connectivity index (χ0v) is 18.5. The second-order valence-electron chi connectivity index (χ2n) is 8.21. The molecule has 2 heterocycles. The summed E-state index contributed by atoms with van der Waals surface area (Å²) in [5.74, 6) is 0.798. The summed E-state index contributed by atoms with van der Waals surface area (Å²) in [5, 5.41) is 12.0. The smallest absolute Gasteiger partial charge is 0.230 e.